The topological polar surface area (TPSA) is 106 Å². The molecule has 1 aromatic heterocycles. The minimum atomic E-state index is -3.35. The number of nitrogens with one attached hydrogen (secondary N) is 2. The Labute approximate surface area is 151 Å². The summed E-state index contributed by atoms with van der Waals surface area (Å²) >= 11 is 0. The van der Waals surface area contributed by atoms with E-state index in [0.717, 1.165) is 22.9 Å². The monoisotopic (exact) mass is 373 g/mol. The van der Waals surface area contributed by atoms with Crippen LogP contribution in [0.25, 0.3) is 11.0 Å². The Morgan fingerprint density at radius 2 is 1.96 bits per heavy atom. The molecule has 1 amide bonds. The molecule has 3 aromatic rings. The van der Waals surface area contributed by atoms with E-state index in [9.17, 15) is 13.2 Å². The molecule has 0 aliphatic heterocycles. The van der Waals surface area contributed by atoms with E-state index in [1.807, 2.05) is 37.3 Å². The Hall–Kier alpha value is -2.94. The third-order valence-electron chi connectivity index (χ3n) is 3.78. The maximum atomic E-state index is 12.3. The van der Waals surface area contributed by atoms with Crippen molar-refractivity contribution in [3.8, 4) is 0 Å². The highest BCUT2D eigenvalue weighted by Crippen LogP contribution is 2.18. The fourth-order valence-electron chi connectivity index (χ4n) is 2.63. The number of para-hydroxylation sites is 1. The molecule has 2 N–H and O–H groups in total. The fourth-order valence-corrected chi connectivity index (χ4v) is 3.18. The van der Waals surface area contributed by atoms with Gasteiger partial charge in [0.05, 0.1) is 17.8 Å². The number of anilines is 1. The SMILES string of the molecule is C[C@@H](NC(=O)Cn1nnc2ccccc21)c1cccc(NS(C)(=O)=O)c1. The van der Waals surface area contributed by atoms with Crippen molar-refractivity contribution in [1.29, 1.82) is 0 Å². The van der Waals surface area contributed by atoms with Gasteiger partial charge in [0.1, 0.15) is 12.1 Å². The van der Waals surface area contributed by atoms with Gasteiger partial charge in [0.25, 0.3) is 0 Å². The number of nitrogens with zero attached hydrogens (tertiary/aromatic N) is 3. The maximum absolute atomic E-state index is 12.3. The molecule has 0 spiro atoms. The van der Waals surface area contributed by atoms with E-state index in [-0.39, 0.29) is 18.5 Å². The van der Waals surface area contributed by atoms with Crippen molar-refractivity contribution in [3.05, 3.63) is 54.1 Å². The first-order chi connectivity index (χ1) is 12.3. The van der Waals surface area contributed by atoms with Crippen LogP contribution in [0.3, 0.4) is 0 Å². The van der Waals surface area contributed by atoms with E-state index >= 15 is 0 Å². The van der Waals surface area contributed by atoms with Crippen LogP contribution in [-0.2, 0) is 21.4 Å². The number of fused-ring (bicyclic) bond motifs is 1. The van der Waals surface area contributed by atoms with E-state index in [2.05, 4.69) is 20.4 Å². The van der Waals surface area contributed by atoms with Crippen LogP contribution in [0.1, 0.15) is 18.5 Å². The largest absolute Gasteiger partial charge is 0.348 e. The second-order valence-corrected chi connectivity index (χ2v) is 7.77. The predicted octanol–water partition coefficient (Wildman–Crippen LogP) is 1.68. The first-order valence-electron chi connectivity index (χ1n) is 7.97. The minimum Gasteiger partial charge on any atom is -0.348 e. The van der Waals surface area contributed by atoms with Crippen molar-refractivity contribution in [2.75, 3.05) is 11.0 Å². The normalized spacial score (nSPS) is 12.7. The standard InChI is InChI=1S/C17H19N5O3S/c1-12(13-6-5-7-14(10-13)20-26(2,24)25)18-17(23)11-22-16-9-4-3-8-15(16)19-21-22/h3-10,12,20H,11H2,1-2H3,(H,18,23)/t12-/m1/s1. The lowest BCUT2D eigenvalue weighted by atomic mass is 10.1. The third kappa shape index (κ3) is 4.37. The molecule has 0 unspecified atom stereocenters. The molecule has 0 saturated heterocycles. The van der Waals surface area contributed by atoms with Gasteiger partial charge < -0.3 is 5.32 Å². The van der Waals surface area contributed by atoms with Gasteiger partial charge in [-0.2, -0.15) is 0 Å². The molecule has 0 fully saturated rings. The van der Waals surface area contributed by atoms with Crippen LogP contribution >= 0.6 is 0 Å². The summed E-state index contributed by atoms with van der Waals surface area (Å²) in [5.74, 6) is -0.213. The van der Waals surface area contributed by atoms with Crippen molar-refractivity contribution in [3.63, 3.8) is 0 Å². The van der Waals surface area contributed by atoms with Gasteiger partial charge in [-0.3, -0.25) is 9.52 Å². The van der Waals surface area contributed by atoms with Gasteiger partial charge in [-0.15, -0.1) is 5.10 Å². The number of sulfonamides is 1. The van der Waals surface area contributed by atoms with Crippen LogP contribution in [0.4, 0.5) is 5.69 Å². The van der Waals surface area contributed by atoms with Gasteiger partial charge in [-0.1, -0.05) is 29.5 Å². The number of carbonyl (C=O) groups is 1. The third-order valence-corrected chi connectivity index (χ3v) is 4.39. The summed E-state index contributed by atoms with van der Waals surface area (Å²) in [6, 6.07) is 14.0. The molecule has 2 aromatic carbocycles. The Bertz CT molecular complexity index is 1050. The molecule has 26 heavy (non-hydrogen) atoms. The summed E-state index contributed by atoms with van der Waals surface area (Å²) in [6.45, 7) is 1.88. The quantitative estimate of drug-likeness (QED) is 0.684. The first kappa shape index (κ1) is 17.9. The van der Waals surface area contributed by atoms with E-state index in [1.165, 1.54) is 0 Å². The first-order valence-corrected chi connectivity index (χ1v) is 9.86. The molecule has 3 rings (SSSR count). The zero-order chi connectivity index (χ0) is 18.7. The zero-order valence-corrected chi connectivity index (χ0v) is 15.2. The Morgan fingerprint density at radius 3 is 2.73 bits per heavy atom. The van der Waals surface area contributed by atoms with E-state index in [0.29, 0.717) is 5.69 Å². The number of rotatable bonds is 6. The second-order valence-electron chi connectivity index (χ2n) is 6.02. The maximum Gasteiger partial charge on any atom is 0.242 e. The predicted molar refractivity (Wildman–Crippen MR) is 99.0 cm³/mol. The average Bonchev–Trinajstić information content (AvgIpc) is 2.96. The van der Waals surface area contributed by atoms with Gasteiger partial charge in [-0.05, 0) is 36.8 Å². The minimum absolute atomic E-state index is 0.0478. The number of benzene rings is 2. The van der Waals surface area contributed by atoms with Gasteiger partial charge in [-0.25, -0.2) is 13.1 Å². The molecular weight excluding hydrogens is 354 g/mol. The summed E-state index contributed by atoms with van der Waals surface area (Å²) < 4.78 is 26.7. The number of carbonyl (C=O) groups excluding carboxylic acids is 1. The highest BCUT2D eigenvalue weighted by molar-refractivity contribution is 7.92. The second kappa shape index (κ2) is 7.12. The van der Waals surface area contributed by atoms with E-state index in [4.69, 9.17) is 0 Å². The van der Waals surface area contributed by atoms with Crippen molar-refractivity contribution in [1.82, 2.24) is 20.3 Å². The summed E-state index contributed by atoms with van der Waals surface area (Å²) in [5, 5.41) is 10.9. The number of aromatic nitrogens is 3. The zero-order valence-electron chi connectivity index (χ0n) is 14.4. The van der Waals surface area contributed by atoms with Crippen molar-refractivity contribution in [2.24, 2.45) is 0 Å². The van der Waals surface area contributed by atoms with Crippen LogP contribution in [0.2, 0.25) is 0 Å². The molecule has 0 aliphatic rings. The average molecular weight is 373 g/mol. The molecule has 0 radical (unpaired) electrons. The summed E-state index contributed by atoms with van der Waals surface area (Å²) in [7, 11) is -3.35. The highest BCUT2D eigenvalue weighted by atomic mass is 32.2. The fraction of sp³-hybridized carbons (Fsp3) is 0.235. The van der Waals surface area contributed by atoms with Crippen molar-refractivity contribution >= 4 is 32.7 Å². The lowest BCUT2D eigenvalue weighted by Gasteiger charge is -2.15. The van der Waals surface area contributed by atoms with Crippen LogP contribution < -0.4 is 10.0 Å². The lowest BCUT2D eigenvalue weighted by molar-refractivity contribution is -0.122. The summed E-state index contributed by atoms with van der Waals surface area (Å²) in [4.78, 5) is 12.3. The summed E-state index contributed by atoms with van der Waals surface area (Å²) in [5.41, 5.74) is 2.76. The molecule has 0 saturated carbocycles. The van der Waals surface area contributed by atoms with Crippen LogP contribution in [0.15, 0.2) is 48.5 Å². The molecule has 1 heterocycles. The lowest BCUT2D eigenvalue weighted by Crippen LogP contribution is -2.30. The number of hydrogen-bond donors (Lipinski definition) is 2. The molecule has 8 nitrogen and oxygen atoms in total. The number of hydrogen-bond acceptors (Lipinski definition) is 5. The van der Waals surface area contributed by atoms with Gasteiger partial charge in [0, 0.05) is 5.69 Å². The molecule has 9 heteroatoms. The van der Waals surface area contributed by atoms with Crippen LogP contribution in [0.5, 0.6) is 0 Å². The Kier molecular flexibility index (Phi) is 4.90. The van der Waals surface area contributed by atoms with Crippen LogP contribution in [0, 0.1) is 0 Å². The number of amides is 1. The molecule has 0 aliphatic carbocycles. The van der Waals surface area contributed by atoms with Crippen LogP contribution in [-0.4, -0.2) is 35.6 Å². The highest BCUT2D eigenvalue weighted by Gasteiger charge is 2.13. The Morgan fingerprint density at radius 1 is 1.19 bits per heavy atom. The van der Waals surface area contributed by atoms with Crippen molar-refractivity contribution < 1.29 is 13.2 Å². The van der Waals surface area contributed by atoms with Crippen molar-refractivity contribution in [2.45, 2.75) is 19.5 Å². The Balaban J connectivity index is 1.68. The van der Waals surface area contributed by atoms with Gasteiger partial charge in [0.2, 0.25) is 15.9 Å². The molecule has 0 bridgehead atoms. The molecule has 1 atom stereocenters. The molecule has 136 valence electrons. The molecular formula is C17H19N5O3S. The van der Waals surface area contributed by atoms with Gasteiger partial charge in [0.15, 0.2) is 0 Å². The smallest absolute Gasteiger partial charge is 0.242 e. The van der Waals surface area contributed by atoms with E-state index < -0.39 is 10.0 Å². The van der Waals surface area contributed by atoms with E-state index in [1.54, 1.807) is 22.9 Å². The van der Waals surface area contributed by atoms with Gasteiger partial charge >= 0.3 is 0 Å². The summed E-state index contributed by atoms with van der Waals surface area (Å²) in [6.07, 6.45) is 1.09.